The summed E-state index contributed by atoms with van der Waals surface area (Å²) in [5, 5.41) is 9.76. The first kappa shape index (κ1) is 28.5. The lowest BCUT2D eigenvalue weighted by Gasteiger charge is -2.54. The van der Waals surface area contributed by atoms with Gasteiger partial charge in [0.05, 0.1) is 16.9 Å². The van der Waals surface area contributed by atoms with Gasteiger partial charge in [-0.1, -0.05) is 32.9 Å². The first-order valence-electron chi connectivity index (χ1n) is 12.8. The van der Waals surface area contributed by atoms with Gasteiger partial charge in [-0.05, 0) is 66.4 Å². The summed E-state index contributed by atoms with van der Waals surface area (Å²) in [6.45, 7) is 10.4. The van der Waals surface area contributed by atoms with Crippen LogP contribution in [-0.4, -0.2) is 66.6 Å². The summed E-state index contributed by atoms with van der Waals surface area (Å²) >= 11 is 0. The van der Waals surface area contributed by atoms with Gasteiger partial charge in [-0.2, -0.15) is 0 Å². The van der Waals surface area contributed by atoms with Crippen LogP contribution in [0.3, 0.4) is 0 Å². The van der Waals surface area contributed by atoms with E-state index in [1.165, 1.54) is 35.7 Å². The van der Waals surface area contributed by atoms with Gasteiger partial charge >= 0.3 is 6.09 Å². The maximum atomic E-state index is 13.3. The Balaban J connectivity index is 1.46. The van der Waals surface area contributed by atoms with Crippen LogP contribution in [0.15, 0.2) is 71.8 Å². The van der Waals surface area contributed by atoms with Gasteiger partial charge in [0.2, 0.25) is 0 Å². The maximum Gasteiger partial charge on any atom is 0.407 e. The third kappa shape index (κ3) is 5.77. The van der Waals surface area contributed by atoms with Crippen LogP contribution >= 0.6 is 0 Å². The lowest BCUT2D eigenvalue weighted by atomic mass is 9.72. The number of piperazine rings is 1. The number of aromatic nitrogens is 1. The van der Waals surface area contributed by atoms with Crippen molar-refractivity contribution in [3.63, 3.8) is 0 Å². The highest BCUT2D eigenvalue weighted by atomic mass is 32.2. The van der Waals surface area contributed by atoms with Crippen molar-refractivity contribution >= 4 is 21.8 Å². The number of sulfonamides is 1. The van der Waals surface area contributed by atoms with E-state index in [0.29, 0.717) is 43.1 Å². The zero-order valence-corrected chi connectivity index (χ0v) is 23.7. The lowest BCUT2D eigenvalue weighted by molar-refractivity contribution is -0.0462. The first-order valence-corrected chi connectivity index (χ1v) is 14.2. The number of carbonyl (C=O) groups is 1. The van der Waals surface area contributed by atoms with Crippen molar-refractivity contribution in [2.24, 2.45) is 5.41 Å². The number of nitrogens with zero attached hydrogens (tertiary/aromatic N) is 4. The van der Waals surface area contributed by atoms with Gasteiger partial charge < -0.3 is 5.11 Å². The molecule has 10 heteroatoms. The zero-order valence-electron chi connectivity index (χ0n) is 22.9. The predicted octanol–water partition coefficient (Wildman–Crippen LogP) is 5.31. The third-order valence-electron chi connectivity index (χ3n) is 7.85. The molecular formula is C29H35FN4O4S. The maximum absolute atomic E-state index is 13.3. The minimum atomic E-state index is -3.84. The fourth-order valence-corrected chi connectivity index (χ4v) is 6.00. The molecule has 0 saturated carbocycles. The van der Waals surface area contributed by atoms with E-state index in [1.54, 1.807) is 35.2 Å². The Kier molecular flexibility index (Phi) is 7.73. The summed E-state index contributed by atoms with van der Waals surface area (Å²) in [7, 11) is -2.35. The molecule has 0 unspecified atom stereocenters. The van der Waals surface area contributed by atoms with Gasteiger partial charge in [-0.15, -0.1) is 0 Å². The molecule has 1 aliphatic rings. The van der Waals surface area contributed by atoms with Crippen molar-refractivity contribution in [1.29, 1.82) is 0 Å². The average Bonchev–Trinajstić information content (AvgIpc) is 2.88. The molecule has 0 spiro atoms. The van der Waals surface area contributed by atoms with Crippen LogP contribution in [0.25, 0.3) is 11.3 Å². The Hall–Kier alpha value is -3.50. The lowest BCUT2D eigenvalue weighted by Crippen LogP contribution is -2.67. The number of pyridine rings is 1. The van der Waals surface area contributed by atoms with E-state index < -0.39 is 21.7 Å². The molecule has 1 aromatic heterocycles. The third-order valence-corrected chi connectivity index (χ3v) is 9.62. The Morgan fingerprint density at radius 2 is 1.69 bits per heavy atom. The van der Waals surface area contributed by atoms with Crippen LogP contribution in [0.4, 0.5) is 14.9 Å². The minimum absolute atomic E-state index is 0.0534. The average molecular weight is 555 g/mol. The van der Waals surface area contributed by atoms with E-state index in [-0.39, 0.29) is 16.1 Å². The van der Waals surface area contributed by atoms with E-state index in [4.69, 9.17) is 0 Å². The van der Waals surface area contributed by atoms with Crippen molar-refractivity contribution in [3.8, 4) is 11.3 Å². The molecule has 1 atom stereocenters. The molecule has 0 radical (unpaired) electrons. The van der Waals surface area contributed by atoms with Gasteiger partial charge in [-0.3, -0.25) is 19.1 Å². The number of carboxylic acid groups (broad SMARTS) is 1. The highest BCUT2D eigenvalue weighted by molar-refractivity contribution is 7.92. The number of amides is 1. The van der Waals surface area contributed by atoms with E-state index in [0.717, 1.165) is 5.56 Å². The second kappa shape index (κ2) is 10.6. The quantitative estimate of drug-likeness (QED) is 0.444. The molecular weight excluding hydrogens is 519 g/mol. The van der Waals surface area contributed by atoms with Gasteiger partial charge in [0, 0.05) is 45.0 Å². The molecule has 2 aromatic carbocycles. The summed E-state index contributed by atoms with van der Waals surface area (Å²) in [4.78, 5) is 20.0. The number of halogens is 1. The molecule has 39 heavy (non-hydrogen) atoms. The summed E-state index contributed by atoms with van der Waals surface area (Å²) in [5.41, 5.74) is 1.96. The van der Waals surface area contributed by atoms with E-state index in [9.17, 15) is 22.7 Å². The summed E-state index contributed by atoms with van der Waals surface area (Å²) in [6.07, 6.45) is 0.406. The van der Waals surface area contributed by atoms with Crippen molar-refractivity contribution < 1.29 is 22.7 Å². The van der Waals surface area contributed by atoms with Gasteiger partial charge in [0.1, 0.15) is 10.7 Å². The molecule has 0 aliphatic carbocycles. The number of benzene rings is 2. The van der Waals surface area contributed by atoms with Crippen molar-refractivity contribution in [2.75, 3.05) is 31.0 Å². The van der Waals surface area contributed by atoms with E-state index in [1.807, 2.05) is 19.1 Å². The Morgan fingerprint density at radius 1 is 1.05 bits per heavy atom. The molecule has 0 bridgehead atoms. The molecule has 1 aliphatic heterocycles. The molecule has 2 heterocycles. The molecule has 8 nitrogen and oxygen atoms in total. The van der Waals surface area contributed by atoms with E-state index >= 15 is 0 Å². The van der Waals surface area contributed by atoms with Crippen LogP contribution in [0.2, 0.25) is 0 Å². The number of anilines is 1. The Bertz CT molecular complexity index is 1420. The van der Waals surface area contributed by atoms with Gasteiger partial charge in [0.15, 0.2) is 0 Å². The molecule has 1 amide bonds. The molecule has 3 aromatic rings. The van der Waals surface area contributed by atoms with Crippen LogP contribution in [0.5, 0.6) is 0 Å². The topological polar surface area (TPSA) is 94.0 Å². The van der Waals surface area contributed by atoms with E-state index in [2.05, 4.69) is 30.7 Å². The van der Waals surface area contributed by atoms with Gasteiger partial charge in [-0.25, -0.2) is 17.6 Å². The highest BCUT2D eigenvalue weighted by Crippen LogP contribution is 2.38. The first-order chi connectivity index (χ1) is 18.2. The Morgan fingerprint density at radius 3 is 2.23 bits per heavy atom. The van der Waals surface area contributed by atoms with Gasteiger partial charge in [0.25, 0.3) is 10.0 Å². The molecule has 4 rings (SSSR count). The Labute approximate surface area is 229 Å². The second-order valence-corrected chi connectivity index (χ2v) is 13.2. The molecule has 1 N–H and O–H groups in total. The zero-order chi connectivity index (χ0) is 28.6. The smallest absolute Gasteiger partial charge is 0.407 e. The number of hydrogen-bond donors (Lipinski definition) is 1. The fourth-order valence-electron chi connectivity index (χ4n) is 4.86. The predicted molar refractivity (Wildman–Crippen MR) is 150 cm³/mol. The monoisotopic (exact) mass is 554 g/mol. The largest absolute Gasteiger partial charge is 0.465 e. The van der Waals surface area contributed by atoms with Crippen LogP contribution in [-0.2, 0) is 16.6 Å². The normalized spacial score (nSPS) is 18.7. The van der Waals surface area contributed by atoms with Crippen LogP contribution < -0.4 is 4.31 Å². The second-order valence-electron chi connectivity index (χ2n) is 11.2. The van der Waals surface area contributed by atoms with Crippen LogP contribution in [0, 0.1) is 11.2 Å². The van der Waals surface area contributed by atoms with Crippen LogP contribution in [0.1, 0.15) is 33.3 Å². The summed E-state index contributed by atoms with van der Waals surface area (Å²) in [5.74, 6) is -0.352. The molecule has 1 fully saturated rings. The molecule has 208 valence electrons. The SMILES string of the molecule is CN(c1ccc(CN2CCN(C(=O)O)[C@@](C)(C(C)(C)C)C2)cc1)S(=O)(=O)c1ccc(-c2ccc(F)cc2)nc1. The molecule has 1 saturated heterocycles. The van der Waals surface area contributed by atoms with Crippen molar-refractivity contribution in [1.82, 2.24) is 14.8 Å². The van der Waals surface area contributed by atoms with Crippen molar-refractivity contribution in [3.05, 3.63) is 78.2 Å². The number of hydrogen-bond acceptors (Lipinski definition) is 5. The highest BCUT2D eigenvalue weighted by Gasteiger charge is 2.48. The minimum Gasteiger partial charge on any atom is -0.465 e. The van der Waals surface area contributed by atoms with Crippen molar-refractivity contribution in [2.45, 2.75) is 44.7 Å². The standard InChI is InChI=1S/C29H35FN4O4S/c1-28(2,3)29(4)20-33(16-17-34(29)27(35)36)19-21-6-12-24(13-7-21)32(5)39(37,38)25-14-15-26(31-18-25)22-8-10-23(30)11-9-22/h6-15,18H,16-17,19-20H2,1-5H3,(H,35,36)/t29-/m1/s1. The summed E-state index contributed by atoms with van der Waals surface area (Å²) < 4.78 is 40.9. The number of rotatable bonds is 6. The summed E-state index contributed by atoms with van der Waals surface area (Å²) in [6, 6.07) is 16.3. The fraction of sp³-hybridized carbons (Fsp3) is 0.379.